The van der Waals surface area contributed by atoms with Gasteiger partial charge in [-0.05, 0) is 56.5 Å². The summed E-state index contributed by atoms with van der Waals surface area (Å²) >= 11 is 0. The number of rotatable bonds is 8. The van der Waals surface area contributed by atoms with Crippen LogP contribution in [0.1, 0.15) is 60.5 Å². The van der Waals surface area contributed by atoms with Crippen molar-refractivity contribution in [3.63, 3.8) is 0 Å². The summed E-state index contributed by atoms with van der Waals surface area (Å²) in [6.45, 7) is 4.27. The lowest BCUT2D eigenvalue weighted by molar-refractivity contribution is -0.0363. The number of imidazole rings is 1. The van der Waals surface area contributed by atoms with E-state index < -0.39 is 12.7 Å². The minimum Gasteiger partial charge on any atom is -0.494 e. The van der Waals surface area contributed by atoms with Crippen LogP contribution in [-0.4, -0.2) is 58.4 Å². The SMILES string of the molecule is COc1c(Nc2cc(Cc3cnc(C)c(C)n3)nc3c2nc(C(F)F)n3C2CCCCO2)cccc1-c1nnn(C)n1. The fourth-order valence-electron chi connectivity index (χ4n) is 5.11. The number of para-hydroxylation sites is 1. The van der Waals surface area contributed by atoms with Gasteiger partial charge in [0.1, 0.15) is 11.7 Å². The van der Waals surface area contributed by atoms with E-state index in [1.807, 2.05) is 32.0 Å². The maximum absolute atomic E-state index is 14.4. The summed E-state index contributed by atoms with van der Waals surface area (Å²) in [6.07, 6.45) is 0.937. The molecule has 1 aliphatic rings. The molecule has 0 spiro atoms. The van der Waals surface area contributed by atoms with E-state index in [2.05, 4.69) is 35.7 Å². The predicted molar refractivity (Wildman–Crippen MR) is 150 cm³/mol. The second kappa shape index (κ2) is 11.4. The zero-order valence-corrected chi connectivity index (χ0v) is 23.7. The van der Waals surface area contributed by atoms with Gasteiger partial charge in [0.25, 0.3) is 6.43 Å². The number of hydrogen-bond donors (Lipinski definition) is 1. The van der Waals surface area contributed by atoms with Crippen molar-refractivity contribution in [2.45, 2.75) is 52.2 Å². The topological polar surface area (TPSA) is 131 Å². The number of hydrogen-bond acceptors (Lipinski definition) is 10. The zero-order valence-electron chi connectivity index (χ0n) is 23.7. The number of methoxy groups -OCH3 is 1. The Morgan fingerprint density at radius 3 is 2.64 bits per heavy atom. The van der Waals surface area contributed by atoms with E-state index in [1.165, 1.54) is 16.5 Å². The Hall–Kier alpha value is -4.59. The molecule has 1 fully saturated rings. The summed E-state index contributed by atoms with van der Waals surface area (Å²) in [5, 5.41) is 15.7. The average molecular weight is 577 g/mol. The van der Waals surface area contributed by atoms with E-state index in [9.17, 15) is 8.78 Å². The third kappa shape index (κ3) is 5.24. The lowest BCUT2D eigenvalue weighted by Gasteiger charge is -2.25. The number of alkyl halides is 2. The van der Waals surface area contributed by atoms with E-state index in [1.54, 1.807) is 19.3 Å². The zero-order chi connectivity index (χ0) is 29.4. The molecule has 0 saturated carbocycles. The maximum atomic E-state index is 14.4. The fourth-order valence-corrected chi connectivity index (χ4v) is 5.11. The number of ether oxygens (including phenoxy) is 2. The molecule has 1 unspecified atom stereocenters. The second-order valence-corrected chi connectivity index (χ2v) is 10.1. The number of pyridine rings is 1. The van der Waals surface area contributed by atoms with Gasteiger partial charge in [-0.2, -0.15) is 4.80 Å². The smallest absolute Gasteiger partial charge is 0.295 e. The highest BCUT2D eigenvalue weighted by atomic mass is 19.3. The van der Waals surface area contributed by atoms with Gasteiger partial charge in [0, 0.05) is 19.2 Å². The first-order valence-corrected chi connectivity index (χ1v) is 13.6. The van der Waals surface area contributed by atoms with E-state index in [-0.39, 0.29) is 5.82 Å². The molecular weight excluding hydrogens is 546 g/mol. The lowest BCUT2D eigenvalue weighted by Crippen LogP contribution is -2.20. The van der Waals surface area contributed by atoms with Crippen LogP contribution in [0.4, 0.5) is 20.2 Å². The monoisotopic (exact) mass is 576 g/mol. The number of aryl methyl sites for hydroxylation is 3. The van der Waals surface area contributed by atoms with Crippen molar-refractivity contribution in [3.8, 4) is 17.1 Å². The van der Waals surface area contributed by atoms with Crippen molar-refractivity contribution < 1.29 is 18.3 Å². The number of nitrogens with zero attached hydrogens (tertiary/aromatic N) is 9. The molecule has 1 atom stereocenters. The van der Waals surface area contributed by atoms with Gasteiger partial charge in [-0.15, -0.1) is 10.2 Å². The Morgan fingerprint density at radius 1 is 1.10 bits per heavy atom. The number of halogens is 2. The van der Waals surface area contributed by atoms with E-state index >= 15 is 0 Å². The largest absolute Gasteiger partial charge is 0.494 e. The van der Waals surface area contributed by atoms with Crippen LogP contribution in [0.3, 0.4) is 0 Å². The van der Waals surface area contributed by atoms with Gasteiger partial charge in [-0.1, -0.05) is 6.07 Å². The molecule has 42 heavy (non-hydrogen) atoms. The van der Waals surface area contributed by atoms with Crippen LogP contribution >= 0.6 is 0 Å². The van der Waals surface area contributed by atoms with Crippen LogP contribution in [0.5, 0.6) is 5.75 Å². The molecule has 12 nitrogen and oxygen atoms in total. The van der Waals surface area contributed by atoms with Crippen molar-refractivity contribution in [3.05, 3.63) is 59.1 Å². The number of tetrazole rings is 1. The number of anilines is 2. The van der Waals surface area contributed by atoms with E-state index in [4.69, 9.17) is 14.5 Å². The van der Waals surface area contributed by atoms with Crippen molar-refractivity contribution in [2.24, 2.45) is 7.05 Å². The molecule has 1 N–H and O–H groups in total. The highest BCUT2D eigenvalue weighted by Crippen LogP contribution is 2.39. The first-order chi connectivity index (χ1) is 20.3. The predicted octanol–water partition coefficient (Wildman–Crippen LogP) is 5.01. The molecule has 14 heteroatoms. The first-order valence-electron chi connectivity index (χ1n) is 13.6. The van der Waals surface area contributed by atoms with Gasteiger partial charge in [0.05, 0.1) is 53.9 Å². The minimum absolute atomic E-state index is 0.291. The number of benzene rings is 1. The Balaban J connectivity index is 1.51. The molecule has 4 aromatic heterocycles. The summed E-state index contributed by atoms with van der Waals surface area (Å²) in [4.78, 5) is 19.7. The molecule has 6 rings (SSSR count). The molecule has 0 amide bonds. The van der Waals surface area contributed by atoms with Gasteiger partial charge in [-0.25, -0.2) is 18.7 Å². The van der Waals surface area contributed by atoms with Crippen LogP contribution in [0, 0.1) is 13.8 Å². The van der Waals surface area contributed by atoms with E-state index in [0.29, 0.717) is 70.5 Å². The third-order valence-corrected chi connectivity index (χ3v) is 7.21. The molecule has 1 aliphatic heterocycles. The van der Waals surface area contributed by atoms with E-state index in [0.717, 1.165) is 24.2 Å². The van der Waals surface area contributed by atoms with Crippen LogP contribution in [-0.2, 0) is 18.2 Å². The standard InChI is InChI=1S/C28H30F2N10O2/c1-15-16(2)32-18(14-31-15)12-17-13-21(34-20-9-7-8-19(24(20)41-4)26-36-38-39(3)37-26)23-27(33-17)40(28(35-23)25(29)30)22-10-5-6-11-42-22/h7-9,13-14,22,25H,5-6,10-12H2,1-4H3,(H,33,34). The molecule has 0 bridgehead atoms. The lowest BCUT2D eigenvalue weighted by atomic mass is 10.1. The number of fused-ring (bicyclic) bond motifs is 1. The Kier molecular flexibility index (Phi) is 7.45. The van der Waals surface area contributed by atoms with Gasteiger partial charge >= 0.3 is 0 Å². The van der Waals surface area contributed by atoms with Crippen molar-refractivity contribution in [2.75, 3.05) is 19.0 Å². The average Bonchev–Trinajstić information content (AvgIpc) is 3.59. The molecule has 218 valence electrons. The summed E-state index contributed by atoms with van der Waals surface area (Å²) in [5.41, 5.74) is 5.21. The van der Waals surface area contributed by atoms with Crippen LogP contribution < -0.4 is 10.1 Å². The quantitative estimate of drug-likeness (QED) is 0.269. The Morgan fingerprint density at radius 2 is 1.95 bits per heavy atom. The third-order valence-electron chi connectivity index (χ3n) is 7.21. The van der Waals surface area contributed by atoms with Crippen LogP contribution in [0.2, 0.25) is 0 Å². The Bertz CT molecular complexity index is 1750. The first kappa shape index (κ1) is 27.6. The van der Waals surface area contributed by atoms with Crippen molar-refractivity contribution >= 4 is 22.5 Å². The highest BCUT2D eigenvalue weighted by Gasteiger charge is 2.29. The van der Waals surface area contributed by atoms with Crippen molar-refractivity contribution in [1.82, 2.24) is 44.7 Å². The van der Waals surface area contributed by atoms with Gasteiger partial charge in [0.15, 0.2) is 17.2 Å². The molecule has 1 aromatic carbocycles. The van der Waals surface area contributed by atoms with Gasteiger partial charge in [-0.3, -0.25) is 14.5 Å². The molecular formula is C28H30F2N10O2. The number of aromatic nitrogens is 9. The summed E-state index contributed by atoms with van der Waals surface area (Å²) < 4.78 is 42.0. The molecule has 5 aromatic rings. The minimum atomic E-state index is -2.83. The Labute approximate surface area is 240 Å². The summed E-state index contributed by atoms with van der Waals surface area (Å²) in [5.74, 6) is 0.451. The fraction of sp³-hybridized carbons (Fsp3) is 0.393. The molecule has 0 radical (unpaired) electrons. The number of nitrogens with one attached hydrogen (secondary N) is 1. The molecule has 1 saturated heterocycles. The van der Waals surface area contributed by atoms with Gasteiger partial charge < -0.3 is 14.8 Å². The highest BCUT2D eigenvalue weighted by molar-refractivity contribution is 5.91. The summed E-state index contributed by atoms with van der Waals surface area (Å²) in [7, 11) is 3.21. The maximum Gasteiger partial charge on any atom is 0.295 e. The normalized spacial score (nSPS) is 15.5. The van der Waals surface area contributed by atoms with Crippen LogP contribution in [0.25, 0.3) is 22.6 Å². The second-order valence-electron chi connectivity index (χ2n) is 10.1. The summed E-state index contributed by atoms with van der Waals surface area (Å²) in [6, 6.07) is 7.24. The molecule has 0 aliphatic carbocycles. The molecule has 5 heterocycles. The van der Waals surface area contributed by atoms with Crippen molar-refractivity contribution in [1.29, 1.82) is 0 Å². The van der Waals surface area contributed by atoms with Crippen LogP contribution in [0.15, 0.2) is 30.5 Å². The van der Waals surface area contributed by atoms with Gasteiger partial charge in [0.2, 0.25) is 5.82 Å².